The van der Waals surface area contributed by atoms with Crippen LogP contribution in [0.1, 0.15) is 5.56 Å². The number of thioether (sulfide) groups is 1. The summed E-state index contributed by atoms with van der Waals surface area (Å²) < 4.78 is 20.0. The van der Waals surface area contributed by atoms with E-state index in [0.717, 1.165) is 22.0 Å². The van der Waals surface area contributed by atoms with Gasteiger partial charge in [0.1, 0.15) is 17.7 Å². The van der Waals surface area contributed by atoms with Crippen molar-refractivity contribution in [3.8, 4) is 5.75 Å². The molecule has 2 aromatic rings. The molecule has 2 aromatic carbocycles. The second kappa shape index (κ2) is 6.38. The Bertz CT molecular complexity index is 652. The molecule has 2 unspecified atom stereocenters. The summed E-state index contributed by atoms with van der Waals surface area (Å²) in [4.78, 5) is 1.15. The Morgan fingerprint density at radius 1 is 1.29 bits per heavy atom. The van der Waals surface area contributed by atoms with E-state index in [1.165, 1.54) is 6.07 Å². The van der Waals surface area contributed by atoms with E-state index >= 15 is 0 Å². The van der Waals surface area contributed by atoms with Crippen LogP contribution in [0.5, 0.6) is 5.75 Å². The molecule has 0 aromatic heterocycles. The van der Waals surface area contributed by atoms with Crippen molar-refractivity contribution >= 4 is 27.7 Å². The van der Waals surface area contributed by atoms with Crippen LogP contribution in [0.4, 0.5) is 4.39 Å². The molecule has 3 rings (SSSR count). The summed E-state index contributed by atoms with van der Waals surface area (Å²) >= 11 is 5.03. The molecule has 2 N–H and O–H groups in total. The minimum atomic E-state index is -0.260. The number of fused-ring (bicyclic) bond motifs is 1. The first kappa shape index (κ1) is 14.9. The Kier molecular flexibility index (Phi) is 4.52. The predicted molar refractivity (Wildman–Crippen MR) is 87.4 cm³/mol. The third-order valence-electron chi connectivity index (χ3n) is 3.50. The van der Waals surface area contributed by atoms with Gasteiger partial charge in [-0.15, -0.1) is 11.8 Å². The van der Waals surface area contributed by atoms with Crippen LogP contribution in [0.3, 0.4) is 0 Å². The van der Waals surface area contributed by atoms with E-state index in [2.05, 4.69) is 15.9 Å². The van der Waals surface area contributed by atoms with E-state index < -0.39 is 0 Å². The fraction of sp³-hybridized carbons (Fsp3) is 0.250. The Balaban J connectivity index is 1.72. The number of para-hydroxylation sites is 1. The predicted octanol–water partition coefficient (Wildman–Crippen LogP) is 4.01. The SMILES string of the molecule is NC(Cc1cccc(F)c1Br)C1CSc2ccccc2O1. The average molecular weight is 368 g/mol. The van der Waals surface area contributed by atoms with Crippen molar-refractivity contribution < 1.29 is 9.13 Å². The lowest BCUT2D eigenvalue weighted by Gasteiger charge is -2.30. The van der Waals surface area contributed by atoms with Crippen molar-refractivity contribution in [2.45, 2.75) is 23.5 Å². The van der Waals surface area contributed by atoms with E-state index in [9.17, 15) is 4.39 Å². The first-order chi connectivity index (χ1) is 10.1. The molecular weight excluding hydrogens is 353 g/mol. The molecule has 0 amide bonds. The topological polar surface area (TPSA) is 35.2 Å². The van der Waals surface area contributed by atoms with Crippen molar-refractivity contribution in [3.05, 3.63) is 58.3 Å². The highest BCUT2D eigenvalue weighted by atomic mass is 79.9. The Labute approximate surface area is 136 Å². The number of rotatable bonds is 3. The van der Waals surface area contributed by atoms with E-state index in [4.69, 9.17) is 10.5 Å². The molecule has 0 saturated heterocycles. The van der Waals surface area contributed by atoms with E-state index in [-0.39, 0.29) is 18.0 Å². The number of ether oxygens (including phenoxy) is 1. The van der Waals surface area contributed by atoms with Crippen molar-refractivity contribution in [2.24, 2.45) is 5.73 Å². The summed E-state index contributed by atoms with van der Waals surface area (Å²) in [6, 6.07) is 12.8. The maximum atomic E-state index is 13.5. The zero-order valence-corrected chi connectivity index (χ0v) is 13.7. The first-order valence-corrected chi connectivity index (χ1v) is 8.50. The average Bonchev–Trinajstić information content (AvgIpc) is 2.51. The largest absolute Gasteiger partial charge is 0.487 e. The molecule has 1 aliphatic rings. The van der Waals surface area contributed by atoms with Crippen LogP contribution < -0.4 is 10.5 Å². The van der Waals surface area contributed by atoms with Crippen LogP contribution in [0.25, 0.3) is 0 Å². The van der Waals surface area contributed by atoms with Crippen LogP contribution in [0, 0.1) is 5.82 Å². The Morgan fingerprint density at radius 3 is 2.95 bits per heavy atom. The number of nitrogens with two attached hydrogens (primary N) is 1. The first-order valence-electron chi connectivity index (χ1n) is 6.72. The summed E-state index contributed by atoms with van der Waals surface area (Å²) in [5.74, 6) is 1.43. The fourth-order valence-corrected chi connectivity index (χ4v) is 3.86. The number of benzene rings is 2. The monoisotopic (exact) mass is 367 g/mol. The third kappa shape index (κ3) is 3.25. The van der Waals surface area contributed by atoms with Gasteiger partial charge in [0.25, 0.3) is 0 Å². The summed E-state index contributed by atoms with van der Waals surface area (Å²) in [6.07, 6.45) is 0.506. The molecule has 1 aliphatic heterocycles. The molecule has 21 heavy (non-hydrogen) atoms. The van der Waals surface area contributed by atoms with E-state index in [1.807, 2.05) is 30.3 Å². The molecule has 0 fully saturated rings. The molecule has 0 radical (unpaired) electrons. The summed E-state index contributed by atoms with van der Waals surface area (Å²) in [6.45, 7) is 0. The van der Waals surface area contributed by atoms with Gasteiger partial charge in [0.15, 0.2) is 0 Å². The van der Waals surface area contributed by atoms with Crippen molar-refractivity contribution in [1.29, 1.82) is 0 Å². The zero-order valence-electron chi connectivity index (χ0n) is 11.3. The quantitative estimate of drug-likeness (QED) is 0.889. The minimum absolute atomic E-state index is 0.0694. The molecule has 0 bridgehead atoms. The van der Waals surface area contributed by atoms with Crippen molar-refractivity contribution in [3.63, 3.8) is 0 Å². The van der Waals surface area contributed by atoms with Gasteiger partial charge in [-0.2, -0.15) is 0 Å². The number of halogens is 2. The van der Waals surface area contributed by atoms with Crippen LogP contribution in [0.15, 0.2) is 51.8 Å². The van der Waals surface area contributed by atoms with Gasteiger partial charge >= 0.3 is 0 Å². The van der Waals surface area contributed by atoms with Crippen LogP contribution >= 0.6 is 27.7 Å². The standard InChI is InChI=1S/C16H15BrFNOS/c17-16-10(4-3-5-11(16)18)8-12(19)14-9-21-15-7-2-1-6-13(15)20-14/h1-7,12,14H,8-9,19H2. The Morgan fingerprint density at radius 2 is 2.10 bits per heavy atom. The molecule has 0 saturated carbocycles. The lowest BCUT2D eigenvalue weighted by Crippen LogP contribution is -2.43. The van der Waals surface area contributed by atoms with Gasteiger partial charge in [-0.1, -0.05) is 24.3 Å². The third-order valence-corrected chi connectivity index (χ3v) is 5.53. The van der Waals surface area contributed by atoms with Gasteiger partial charge in [0, 0.05) is 16.7 Å². The molecule has 0 spiro atoms. The zero-order chi connectivity index (χ0) is 14.8. The summed E-state index contributed by atoms with van der Waals surface area (Å²) in [5, 5.41) is 0. The fourth-order valence-electron chi connectivity index (χ4n) is 2.34. The van der Waals surface area contributed by atoms with Gasteiger partial charge in [0.2, 0.25) is 0 Å². The van der Waals surface area contributed by atoms with Crippen LogP contribution in [-0.4, -0.2) is 17.9 Å². The maximum absolute atomic E-state index is 13.5. The van der Waals surface area contributed by atoms with Crippen molar-refractivity contribution in [2.75, 3.05) is 5.75 Å². The molecule has 1 heterocycles. The number of hydrogen-bond acceptors (Lipinski definition) is 3. The van der Waals surface area contributed by atoms with Gasteiger partial charge in [-0.3, -0.25) is 0 Å². The molecule has 110 valence electrons. The van der Waals surface area contributed by atoms with Gasteiger partial charge < -0.3 is 10.5 Å². The normalized spacial score (nSPS) is 18.7. The minimum Gasteiger partial charge on any atom is -0.487 e. The smallest absolute Gasteiger partial charge is 0.137 e. The van der Waals surface area contributed by atoms with Gasteiger partial charge in [-0.05, 0) is 46.1 Å². The van der Waals surface area contributed by atoms with Crippen LogP contribution in [0.2, 0.25) is 0 Å². The molecule has 2 atom stereocenters. The van der Waals surface area contributed by atoms with E-state index in [1.54, 1.807) is 17.8 Å². The lowest BCUT2D eigenvalue weighted by atomic mass is 10.0. The highest BCUT2D eigenvalue weighted by Gasteiger charge is 2.26. The van der Waals surface area contributed by atoms with Gasteiger partial charge in [-0.25, -0.2) is 4.39 Å². The van der Waals surface area contributed by atoms with Crippen molar-refractivity contribution in [1.82, 2.24) is 0 Å². The van der Waals surface area contributed by atoms with Crippen LogP contribution in [-0.2, 0) is 6.42 Å². The second-order valence-corrected chi connectivity index (χ2v) is 6.85. The Hall–Kier alpha value is -1.04. The van der Waals surface area contributed by atoms with Gasteiger partial charge in [0.05, 0.1) is 4.47 Å². The molecule has 0 aliphatic carbocycles. The molecular formula is C16H15BrFNOS. The highest BCUT2D eigenvalue weighted by molar-refractivity contribution is 9.10. The molecule has 2 nitrogen and oxygen atoms in total. The number of hydrogen-bond donors (Lipinski definition) is 1. The highest BCUT2D eigenvalue weighted by Crippen LogP contribution is 2.36. The lowest BCUT2D eigenvalue weighted by molar-refractivity contribution is 0.184. The summed E-state index contributed by atoms with van der Waals surface area (Å²) in [5.41, 5.74) is 7.15. The maximum Gasteiger partial charge on any atom is 0.137 e. The molecule has 5 heteroatoms. The second-order valence-electron chi connectivity index (χ2n) is 4.99. The summed E-state index contributed by atoms with van der Waals surface area (Å²) in [7, 11) is 0. The van der Waals surface area contributed by atoms with E-state index in [0.29, 0.717) is 10.9 Å².